The molecular formula is C21H23NO5. The first-order valence-corrected chi connectivity index (χ1v) is 8.80. The van der Waals surface area contributed by atoms with Gasteiger partial charge in [0.25, 0.3) is 0 Å². The van der Waals surface area contributed by atoms with E-state index in [1.807, 2.05) is 24.3 Å². The smallest absolute Gasteiger partial charge is 0.315 e. The number of fused-ring (bicyclic) bond motifs is 1. The Labute approximate surface area is 158 Å². The molecule has 0 saturated heterocycles. The highest BCUT2D eigenvalue weighted by atomic mass is 16.5. The summed E-state index contributed by atoms with van der Waals surface area (Å²) in [6.07, 6.45) is 0.521. The van der Waals surface area contributed by atoms with Gasteiger partial charge in [-0.2, -0.15) is 0 Å². The summed E-state index contributed by atoms with van der Waals surface area (Å²) in [5, 5.41) is 12.5. The van der Waals surface area contributed by atoms with Crippen LogP contribution in [0.2, 0.25) is 0 Å². The van der Waals surface area contributed by atoms with Crippen LogP contribution in [0.4, 0.5) is 0 Å². The molecule has 0 aromatic heterocycles. The van der Waals surface area contributed by atoms with Crippen molar-refractivity contribution in [1.29, 1.82) is 0 Å². The van der Waals surface area contributed by atoms with Crippen LogP contribution in [-0.2, 0) is 21.4 Å². The van der Waals surface area contributed by atoms with Crippen molar-refractivity contribution < 1.29 is 24.2 Å². The van der Waals surface area contributed by atoms with Crippen molar-refractivity contribution in [2.45, 2.75) is 18.8 Å². The number of carboxylic acids is 1. The fraction of sp³-hybridized carbons (Fsp3) is 0.333. The molecule has 0 spiro atoms. The SMILES string of the molecule is COc1ccc2c(c1)CC(C(=O)NCC(C)(C(=O)O)c1ccccc1)CO2. The van der Waals surface area contributed by atoms with Gasteiger partial charge in [0.2, 0.25) is 5.91 Å². The van der Waals surface area contributed by atoms with Gasteiger partial charge < -0.3 is 19.9 Å². The molecule has 0 saturated carbocycles. The fourth-order valence-electron chi connectivity index (χ4n) is 3.18. The van der Waals surface area contributed by atoms with E-state index >= 15 is 0 Å². The molecule has 6 heteroatoms. The van der Waals surface area contributed by atoms with Crippen LogP contribution in [0.3, 0.4) is 0 Å². The summed E-state index contributed by atoms with van der Waals surface area (Å²) < 4.78 is 10.9. The van der Waals surface area contributed by atoms with E-state index in [1.54, 1.807) is 38.3 Å². The second-order valence-corrected chi connectivity index (χ2v) is 6.91. The van der Waals surface area contributed by atoms with Crippen LogP contribution in [0.1, 0.15) is 18.1 Å². The molecule has 2 unspecified atom stereocenters. The van der Waals surface area contributed by atoms with E-state index in [2.05, 4.69) is 5.32 Å². The van der Waals surface area contributed by atoms with E-state index < -0.39 is 11.4 Å². The lowest BCUT2D eigenvalue weighted by Gasteiger charge is -2.28. The van der Waals surface area contributed by atoms with Crippen LogP contribution in [0.25, 0.3) is 0 Å². The number of benzene rings is 2. The summed E-state index contributed by atoms with van der Waals surface area (Å²) in [7, 11) is 1.59. The number of carboxylic acid groups (broad SMARTS) is 1. The van der Waals surface area contributed by atoms with E-state index in [4.69, 9.17) is 9.47 Å². The highest BCUT2D eigenvalue weighted by molar-refractivity contribution is 5.84. The minimum atomic E-state index is -1.20. The average molecular weight is 369 g/mol. The zero-order valence-electron chi connectivity index (χ0n) is 15.4. The lowest BCUT2D eigenvalue weighted by molar-refractivity contribution is -0.143. The molecule has 2 aromatic carbocycles. The average Bonchev–Trinajstić information content (AvgIpc) is 2.71. The predicted octanol–water partition coefficient (Wildman–Crippen LogP) is 2.41. The number of carbonyl (C=O) groups is 2. The molecule has 1 aliphatic heterocycles. The topological polar surface area (TPSA) is 84.9 Å². The van der Waals surface area contributed by atoms with Gasteiger partial charge in [0.1, 0.15) is 23.5 Å². The molecule has 2 atom stereocenters. The van der Waals surface area contributed by atoms with Gasteiger partial charge in [-0.3, -0.25) is 9.59 Å². The molecule has 142 valence electrons. The van der Waals surface area contributed by atoms with E-state index in [0.29, 0.717) is 17.7 Å². The van der Waals surface area contributed by atoms with Crippen LogP contribution in [-0.4, -0.2) is 37.2 Å². The normalized spacial score (nSPS) is 17.8. The number of methoxy groups -OCH3 is 1. The number of ether oxygens (including phenoxy) is 2. The largest absolute Gasteiger partial charge is 0.497 e. The summed E-state index contributed by atoms with van der Waals surface area (Å²) in [5.74, 6) is -0.116. The number of hydrogen-bond donors (Lipinski definition) is 2. The van der Waals surface area contributed by atoms with Crippen molar-refractivity contribution >= 4 is 11.9 Å². The molecule has 3 rings (SSSR count). The number of carbonyl (C=O) groups excluding carboxylic acids is 1. The molecule has 0 radical (unpaired) electrons. The Morgan fingerprint density at radius 3 is 2.67 bits per heavy atom. The predicted molar refractivity (Wildman–Crippen MR) is 100 cm³/mol. The lowest BCUT2D eigenvalue weighted by atomic mass is 9.82. The Kier molecular flexibility index (Phi) is 5.35. The van der Waals surface area contributed by atoms with Crippen LogP contribution in [0.5, 0.6) is 11.5 Å². The van der Waals surface area contributed by atoms with Crippen molar-refractivity contribution in [3.63, 3.8) is 0 Å². The summed E-state index contributed by atoms with van der Waals surface area (Å²) in [6.45, 7) is 1.88. The van der Waals surface area contributed by atoms with Gasteiger partial charge in [0, 0.05) is 6.54 Å². The third-order valence-electron chi connectivity index (χ3n) is 5.04. The first kappa shape index (κ1) is 18.8. The maximum Gasteiger partial charge on any atom is 0.315 e. The van der Waals surface area contributed by atoms with E-state index in [1.165, 1.54) is 0 Å². The fourth-order valence-corrected chi connectivity index (χ4v) is 3.18. The molecule has 2 N–H and O–H groups in total. The third kappa shape index (κ3) is 3.89. The van der Waals surface area contributed by atoms with Gasteiger partial charge in [0.05, 0.1) is 13.0 Å². The summed E-state index contributed by atoms with van der Waals surface area (Å²) >= 11 is 0. The van der Waals surface area contributed by atoms with E-state index in [9.17, 15) is 14.7 Å². The zero-order chi connectivity index (χ0) is 19.4. The molecule has 0 bridgehead atoms. The number of amides is 1. The lowest BCUT2D eigenvalue weighted by Crippen LogP contribution is -2.47. The van der Waals surface area contributed by atoms with E-state index in [0.717, 1.165) is 11.3 Å². The monoisotopic (exact) mass is 369 g/mol. The zero-order valence-corrected chi connectivity index (χ0v) is 15.4. The molecule has 0 aliphatic carbocycles. The van der Waals surface area contributed by atoms with Crippen LogP contribution < -0.4 is 14.8 Å². The summed E-state index contributed by atoms with van der Waals surface area (Å²) in [6, 6.07) is 14.4. The first-order chi connectivity index (χ1) is 12.9. The Balaban J connectivity index is 1.69. The molecule has 1 amide bonds. The van der Waals surface area contributed by atoms with Gasteiger partial charge in [-0.15, -0.1) is 0 Å². The van der Waals surface area contributed by atoms with Crippen molar-refractivity contribution in [2.24, 2.45) is 5.92 Å². The second-order valence-electron chi connectivity index (χ2n) is 6.91. The maximum atomic E-state index is 12.6. The highest BCUT2D eigenvalue weighted by Crippen LogP contribution is 2.31. The van der Waals surface area contributed by atoms with Gasteiger partial charge >= 0.3 is 5.97 Å². The van der Waals surface area contributed by atoms with Crippen molar-refractivity contribution in [3.05, 3.63) is 59.7 Å². The third-order valence-corrected chi connectivity index (χ3v) is 5.04. The van der Waals surface area contributed by atoms with Gasteiger partial charge in [-0.25, -0.2) is 0 Å². The summed E-state index contributed by atoms with van der Waals surface area (Å²) in [5.41, 5.74) is 0.352. The van der Waals surface area contributed by atoms with Crippen LogP contribution in [0.15, 0.2) is 48.5 Å². The van der Waals surface area contributed by atoms with Gasteiger partial charge in [-0.1, -0.05) is 30.3 Å². The highest BCUT2D eigenvalue weighted by Gasteiger charge is 2.36. The number of rotatable bonds is 6. The van der Waals surface area contributed by atoms with Gasteiger partial charge in [0.15, 0.2) is 0 Å². The number of hydrogen-bond acceptors (Lipinski definition) is 4. The summed E-state index contributed by atoms with van der Waals surface area (Å²) in [4.78, 5) is 24.5. The molecule has 27 heavy (non-hydrogen) atoms. The van der Waals surface area contributed by atoms with E-state index in [-0.39, 0.29) is 25.0 Å². The Morgan fingerprint density at radius 1 is 1.26 bits per heavy atom. The van der Waals surface area contributed by atoms with Crippen LogP contribution in [0, 0.1) is 5.92 Å². The quantitative estimate of drug-likeness (QED) is 0.817. The standard InChI is InChI=1S/C21H23NO5/c1-21(20(24)25,16-6-4-3-5-7-16)13-22-19(23)15-10-14-11-17(26-2)8-9-18(14)27-12-15/h3-9,11,15H,10,12-13H2,1-2H3,(H,22,23)(H,24,25). The minimum Gasteiger partial charge on any atom is -0.497 e. The van der Waals surface area contributed by atoms with Crippen molar-refractivity contribution in [3.8, 4) is 11.5 Å². The first-order valence-electron chi connectivity index (χ1n) is 8.80. The molecule has 0 fully saturated rings. The molecule has 1 aliphatic rings. The van der Waals surface area contributed by atoms with Crippen molar-refractivity contribution in [2.75, 3.05) is 20.3 Å². The maximum absolute atomic E-state index is 12.6. The second kappa shape index (κ2) is 7.70. The molecule has 6 nitrogen and oxygen atoms in total. The number of nitrogens with one attached hydrogen (secondary N) is 1. The number of aliphatic carboxylic acids is 1. The molecule has 2 aromatic rings. The van der Waals surface area contributed by atoms with Gasteiger partial charge in [-0.05, 0) is 42.7 Å². The van der Waals surface area contributed by atoms with Crippen molar-refractivity contribution in [1.82, 2.24) is 5.32 Å². The Bertz CT molecular complexity index is 836. The Morgan fingerprint density at radius 2 is 2.00 bits per heavy atom. The van der Waals surface area contributed by atoms with Crippen LogP contribution >= 0.6 is 0 Å². The Hall–Kier alpha value is -3.02. The minimum absolute atomic E-state index is 0.00660. The molecule has 1 heterocycles. The molecular weight excluding hydrogens is 346 g/mol.